The van der Waals surface area contributed by atoms with E-state index in [9.17, 15) is 24.0 Å². The Labute approximate surface area is 168 Å². The molecular weight excluding hydrogens is 376 g/mol. The standard InChI is InChI=1S/C20H24N4O5/c1-14(2-5-18(27)21-13-26)24-19(28)16-4-3-15(12-17(16)20(24)29)23-8-6-22(7-9-23)10-11-25/h3-4,11-14H,2,5-10H2,1H3,(H,21,26,27). The summed E-state index contributed by atoms with van der Waals surface area (Å²) < 4.78 is 0. The van der Waals surface area contributed by atoms with E-state index in [4.69, 9.17) is 0 Å². The van der Waals surface area contributed by atoms with Crippen LogP contribution in [0.15, 0.2) is 18.2 Å². The van der Waals surface area contributed by atoms with Crippen molar-refractivity contribution in [3.05, 3.63) is 29.3 Å². The molecule has 1 aromatic carbocycles. The molecule has 4 amide bonds. The van der Waals surface area contributed by atoms with Gasteiger partial charge in [0.05, 0.1) is 17.7 Å². The first-order valence-corrected chi connectivity index (χ1v) is 9.62. The van der Waals surface area contributed by atoms with E-state index in [-0.39, 0.29) is 24.7 Å². The molecule has 9 heteroatoms. The third-order valence-corrected chi connectivity index (χ3v) is 5.42. The van der Waals surface area contributed by atoms with Crippen molar-refractivity contribution >= 4 is 36.1 Å². The number of fused-ring (bicyclic) bond motifs is 1. The smallest absolute Gasteiger partial charge is 0.261 e. The highest BCUT2D eigenvalue weighted by Gasteiger charge is 2.38. The van der Waals surface area contributed by atoms with E-state index in [1.165, 1.54) is 4.90 Å². The average Bonchev–Trinajstić information content (AvgIpc) is 2.97. The Morgan fingerprint density at radius 3 is 2.45 bits per heavy atom. The van der Waals surface area contributed by atoms with E-state index >= 15 is 0 Å². The van der Waals surface area contributed by atoms with Gasteiger partial charge in [-0.1, -0.05) is 0 Å². The second kappa shape index (κ2) is 8.95. The van der Waals surface area contributed by atoms with E-state index in [2.05, 4.69) is 9.80 Å². The minimum absolute atomic E-state index is 0.0453. The van der Waals surface area contributed by atoms with E-state index in [1.54, 1.807) is 19.1 Å². The van der Waals surface area contributed by atoms with Crippen molar-refractivity contribution in [3.8, 4) is 0 Å². The molecule has 0 bridgehead atoms. The van der Waals surface area contributed by atoms with E-state index < -0.39 is 11.9 Å². The molecule has 0 saturated carbocycles. The van der Waals surface area contributed by atoms with E-state index in [0.29, 0.717) is 24.1 Å². The fraction of sp³-hybridized carbons (Fsp3) is 0.450. The van der Waals surface area contributed by atoms with Crippen LogP contribution in [0.1, 0.15) is 40.5 Å². The fourth-order valence-electron chi connectivity index (χ4n) is 3.75. The number of aldehydes is 1. The first-order chi connectivity index (χ1) is 14.0. The molecule has 0 spiro atoms. The SMILES string of the molecule is CC(CCC(=O)NC=O)N1C(=O)c2ccc(N3CCN(CC=O)CC3)cc2C1=O. The molecule has 29 heavy (non-hydrogen) atoms. The van der Waals surface area contributed by atoms with E-state index in [1.807, 2.05) is 11.4 Å². The molecule has 1 saturated heterocycles. The minimum Gasteiger partial charge on any atom is -0.369 e. The minimum atomic E-state index is -0.463. The van der Waals surface area contributed by atoms with Gasteiger partial charge in [0.25, 0.3) is 11.8 Å². The van der Waals surface area contributed by atoms with Crippen molar-refractivity contribution in [2.24, 2.45) is 0 Å². The molecule has 1 N–H and O–H groups in total. The lowest BCUT2D eigenvalue weighted by molar-refractivity contribution is -0.125. The molecule has 0 radical (unpaired) electrons. The van der Waals surface area contributed by atoms with Gasteiger partial charge in [0.15, 0.2) is 0 Å². The van der Waals surface area contributed by atoms with Gasteiger partial charge in [-0.15, -0.1) is 0 Å². The van der Waals surface area contributed by atoms with Crippen LogP contribution in [-0.2, 0) is 14.4 Å². The first kappa shape index (κ1) is 20.7. The molecule has 3 rings (SSSR count). The van der Waals surface area contributed by atoms with Crippen molar-refractivity contribution in [1.29, 1.82) is 0 Å². The number of piperazine rings is 1. The van der Waals surface area contributed by atoms with Gasteiger partial charge in [-0.05, 0) is 31.5 Å². The van der Waals surface area contributed by atoms with Crippen LogP contribution in [0.5, 0.6) is 0 Å². The number of benzene rings is 1. The number of carbonyl (C=O) groups is 5. The van der Waals surface area contributed by atoms with Crippen LogP contribution in [-0.4, -0.2) is 79.0 Å². The van der Waals surface area contributed by atoms with Gasteiger partial charge in [0.2, 0.25) is 12.3 Å². The third kappa shape index (κ3) is 4.34. The zero-order valence-corrected chi connectivity index (χ0v) is 16.3. The summed E-state index contributed by atoms with van der Waals surface area (Å²) in [6, 6.07) is 4.80. The fourth-order valence-corrected chi connectivity index (χ4v) is 3.75. The highest BCUT2D eigenvalue weighted by atomic mass is 16.2. The van der Waals surface area contributed by atoms with Crippen molar-refractivity contribution < 1.29 is 24.0 Å². The molecule has 2 aliphatic rings. The Kier molecular flexibility index (Phi) is 6.38. The lowest BCUT2D eigenvalue weighted by atomic mass is 10.1. The van der Waals surface area contributed by atoms with E-state index in [0.717, 1.165) is 38.2 Å². The van der Waals surface area contributed by atoms with Crippen LogP contribution >= 0.6 is 0 Å². The van der Waals surface area contributed by atoms with Crippen molar-refractivity contribution in [2.45, 2.75) is 25.8 Å². The molecule has 2 heterocycles. The largest absolute Gasteiger partial charge is 0.369 e. The summed E-state index contributed by atoms with van der Waals surface area (Å²) in [6.07, 6.45) is 1.53. The van der Waals surface area contributed by atoms with Gasteiger partial charge in [0, 0.05) is 44.3 Å². The van der Waals surface area contributed by atoms with Crippen molar-refractivity contribution in [2.75, 3.05) is 37.6 Å². The molecule has 1 fully saturated rings. The number of anilines is 1. The number of nitrogens with one attached hydrogen (secondary N) is 1. The van der Waals surface area contributed by atoms with Crippen molar-refractivity contribution in [1.82, 2.24) is 15.1 Å². The molecule has 9 nitrogen and oxygen atoms in total. The number of nitrogens with zero attached hydrogens (tertiary/aromatic N) is 3. The molecular formula is C20H24N4O5. The number of hydrogen-bond acceptors (Lipinski definition) is 7. The summed E-state index contributed by atoms with van der Waals surface area (Å²) in [5, 5.41) is 2.05. The van der Waals surface area contributed by atoms with Gasteiger partial charge in [-0.25, -0.2) is 0 Å². The summed E-state index contributed by atoms with van der Waals surface area (Å²) in [5.74, 6) is -1.18. The Hall–Kier alpha value is -3.07. The van der Waals surface area contributed by atoms with Crippen LogP contribution in [0.2, 0.25) is 0 Å². The summed E-state index contributed by atoms with van der Waals surface area (Å²) in [7, 11) is 0. The predicted octanol–water partition coefficient (Wildman–Crippen LogP) is 0.0448. The highest BCUT2D eigenvalue weighted by molar-refractivity contribution is 6.22. The van der Waals surface area contributed by atoms with Gasteiger partial charge >= 0.3 is 0 Å². The summed E-state index contributed by atoms with van der Waals surface area (Å²) in [4.78, 5) is 63.4. The maximum Gasteiger partial charge on any atom is 0.261 e. The maximum atomic E-state index is 12.9. The molecule has 1 unspecified atom stereocenters. The molecule has 2 aliphatic heterocycles. The topological polar surface area (TPSA) is 107 Å². The van der Waals surface area contributed by atoms with Gasteiger partial charge in [0.1, 0.15) is 6.29 Å². The second-order valence-corrected chi connectivity index (χ2v) is 7.24. The number of carbonyl (C=O) groups excluding carboxylic acids is 5. The second-order valence-electron chi connectivity index (χ2n) is 7.24. The third-order valence-electron chi connectivity index (χ3n) is 5.42. The monoisotopic (exact) mass is 400 g/mol. The van der Waals surface area contributed by atoms with Crippen LogP contribution in [0.3, 0.4) is 0 Å². The molecule has 1 aromatic rings. The van der Waals surface area contributed by atoms with Gasteiger partial charge < -0.3 is 9.69 Å². The quantitative estimate of drug-likeness (QED) is 0.485. The van der Waals surface area contributed by atoms with Crippen molar-refractivity contribution in [3.63, 3.8) is 0 Å². The summed E-state index contributed by atoms with van der Waals surface area (Å²) in [6.45, 7) is 5.12. The number of hydrogen-bond donors (Lipinski definition) is 1. The first-order valence-electron chi connectivity index (χ1n) is 9.62. The van der Waals surface area contributed by atoms with Gasteiger partial charge in [-0.2, -0.15) is 0 Å². The zero-order valence-electron chi connectivity index (χ0n) is 16.3. The molecule has 0 aliphatic carbocycles. The van der Waals surface area contributed by atoms with Crippen LogP contribution in [0, 0.1) is 0 Å². The van der Waals surface area contributed by atoms with Crippen LogP contribution < -0.4 is 10.2 Å². The Morgan fingerprint density at radius 1 is 1.10 bits per heavy atom. The Balaban J connectivity index is 1.69. The number of imide groups is 2. The Bertz CT molecular complexity index is 832. The zero-order chi connectivity index (χ0) is 21.0. The lowest BCUT2D eigenvalue weighted by Crippen LogP contribution is -2.46. The molecule has 0 aromatic heterocycles. The summed E-state index contributed by atoms with van der Waals surface area (Å²) in [5.41, 5.74) is 1.60. The predicted molar refractivity (Wildman–Crippen MR) is 105 cm³/mol. The normalized spacial score (nSPS) is 17.8. The summed E-state index contributed by atoms with van der Waals surface area (Å²) >= 11 is 0. The molecule has 154 valence electrons. The average molecular weight is 400 g/mol. The number of rotatable bonds is 8. The highest BCUT2D eigenvalue weighted by Crippen LogP contribution is 2.30. The van der Waals surface area contributed by atoms with Gasteiger partial charge in [-0.3, -0.25) is 34.3 Å². The lowest BCUT2D eigenvalue weighted by Gasteiger charge is -2.35. The Morgan fingerprint density at radius 2 is 1.79 bits per heavy atom. The number of amides is 4. The maximum absolute atomic E-state index is 12.9. The van der Waals surface area contributed by atoms with Crippen LogP contribution in [0.25, 0.3) is 0 Å². The van der Waals surface area contributed by atoms with Crippen LogP contribution in [0.4, 0.5) is 5.69 Å². The molecule has 1 atom stereocenters.